The Bertz CT molecular complexity index is 763. The monoisotopic (exact) mass is 330 g/mol. The first-order chi connectivity index (χ1) is 9.85. The fourth-order valence-corrected chi connectivity index (χ4v) is 5.30. The van der Waals surface area contributed by atoms with Crippen molar-refractivity contribution >= 4 is 32.1 Å². The molecule has 0 spiro atoms. The predicted molar refractivity (Wildman–Crippen MR) is 81.2 cm³/mol. The highest BCUT2D eigenvalue weighted by Crippen LogP contribution is 2.31. The van der Waals surface area contributed by atoms with Gasteiger partial charge < -0.3 is 10.4 Å². The summed E-state index contributed by atoms with van der Waals surface area (Å²) in [7, 11) is -2.06. The lowest BCUT2D eigenvalue weighted by Gasteiger charge is -2.35. The summed E-state index contributed by atoms with van der Waals surface area (Å²) in [5.74, 6) is 0.340. The molecule has 3 heterocycles. The number of imidazole rings is 1. The van der Waals surface area contributed by atoms with Gasteiger partial charge in [-0.2, -0.15) is 4.31 Å². The van der Waals surface area contributed by atoms with E-state index in [1.165, 1.54) is 15.6 Å². The van der Waals surface area contributed by atoms with Gasteiger partial charge in [0.25, 0.3) is 10.0 Å². The van der Waals surface area contributed by atoms with Crippen LogP contribution in [0.5, 0.6) is 0 Å². The van der Waals surface area contributed by atoms with E-state index in [0.29, 0.717) is 30.2 Å². The number of hydrogen-bond acceptors (Lipinski definition) is 6. The van der Waals surface area contributed by atoms with Crippen LogP contribution in [0.2, 0.25) is 0 Å². The van der Waals surface area contributed by atoms with E-state index in [-0.39, 0.29) is 11.6 Å². The van der Waals surface area contributed by atoms with Gasteiger partial charge in [-0.3, -0.25) is 4.40 Å². The minimum Gasteiger partial charge on any atom is -0.389 e. The summed E-state index contributed by atoms with van der Waals surface area (Å²) in [4.78, 5) is 4.92. The van der Waals surface area contributed by atoms with Gasteiger partial charge in [0.05, 0.1) is 5.60 Å². The van der Waals surface area contributed by atoms with Crippen LogP contribution in [0.15, 0.2) is 16.6 Å². The molecule has 3 rings (SSSR count). The van der Waals surface area contributed by atoms with Crippen molar-refractivity contribution in [3.63, 3.8) is 0 Å². The van der Waals surface area contributed by atoms with Gasteiger partial charge in [-0.25, -0.2) is 13.4 Å². The maximum Gasteiger partial charge on any atom is 0.263 e. The summed E-state index contributed by atoms with van der Waals surface area (Å²) in [5.41, 5.74) is -0.983. The van der Waals surface area contributed by atoms with Crippen LogP contribution in [-0.2, 0) is 10.0 Å². The first-order valence-electron chi connectivity index (χ1n) is 6.71. The smallest absolute Gasteiger partial charge is 0.263 e. The number of nitrogens with zero attached hydrogens (tertiary/aromatic N) is 3. The molecule has 0 bridgehead atoms. The molecule has 0 radical (unpaired) electrons. The molecule has 1 unspecified atom stereocenters. The molecule has 1 atom stereocenters. The molecule has 1 aliphatic heterocycles. The third-order valence-electron chi connectivity index (χ3n) is 3.68. The van der Waals surface area contributed by atoms with Crippen molar-refractivity contribution in [2.24, 2.45) is 0 Å². The van der Waals surface area contributed by atoms with E-state index in [4.69, 9.17) is 0 Å². The van der Waals surface area contributed by atoms with Crippen LogP contribution in [-0.4, -0.2) is 53.0 Å². The number of nitrogens with one attached hydrogen (secondary N) is 1. The molecule has 2 aromatic heterocycles. The van der Waals surface area contributed by atoms with Gasteiger partial charge in [0.2, 0.25) is 0 Å². The first-order valence-corrected chi connectivity index (χ1v) is 9.03. The third kappa shape index (κ3) is 2.44. The van der Waals surface area contributed by atoms with Gasteiger partial charge in [-0.1, -0.05) is 0 Å². The molecule has 2 N–H and O–H groups in total. The normalized spacial score (nSPS) is 24.5. The van der Waals surface area contributed by atoms with Gasteiger partial charge in [-0.15, -0.1) is 11.3 Å². The summed E-state index contributed by atoms with van der Waals surface area (Å²) < 4.78 is 28.8. The van der Waals surface area contributed by atoms with Crippen LogP contribution in [0.1, 0.15) is 19.8 Å². The number of rotatable bonds is 3. The van der Waals surface area contributed by atoms with E-state index >= 15 is 0 Å². The van der Waals surface area contributed by atoms with Crippen molar-refractivity contribution in [2.75, 3.05) is 25.5 Å². The molecule has 116 valence electrons. The zero-order valence-electron chi connectivity index (χ0n) is 11.9. The fourth-order valence-electron chi connectivity index (χ4n) is 2.68. The van der Waals surface area contributed by atoms with E-state index < -0.39 is 15.6 Å². The Morgan fingerprint density at radius 3 is 2.95 bits per heavy atom. The summed E-state index contributed by atoms with van der Waals surface area (Å²) in [6, 6.07) is 0. The Hall–Kier alpha value is -1.16. The second-order valence-electron chi connectivity index (χ2n) is 5.51. The average molecular weight is 330 g/mol. The molecule has 0 saturated carbocycles. The second-order valence-corrected chi connectivity index (χ2v) is 8.24. The topological polar surface area (TPSA) is 86.9 Å². The second kappa shape index (κ2) is 4.94. The van der Waals surface area contributed by atoms with Crippen molar-refractivity contribution in [2.45, 2.75) is 30.4 Å². The van der Waals surface area contributed by atoms with Gasteiger partial charge in [-0.05, 0) is 19.8 Å². The lowest BCUT2D eigenvalue weighted by atomic mass is 9.97. The quantitative estimate of drug-likeness (QED) is 0.876. The standard InChI is InChI=1S/C12H18N4O3S2/c1-12(17)4-3-5-15(8-12)21(18,19)10-9(13-2)14-11-16(10)6-7-20-11/h6-7,13,17H,3-5,8H2,1-2H3. The Morgan fingerprint density at radius 1 is 1.52 bits per heavy atom. The number of anilines is 1. The van der Waals surface area contributed by atoms with Crippen LogP contribution in [0.25, 0.3) is 4.96 Å². The van der Waals surface area contributed by atoms with Crippen LogP contribution in [0.3, 0.4) is 0 Å². The van der Waals surface area contributed by atoms with Crippen molar-refractivity contribution in [1.82, 2.24) is 13.7 Å². The van der Waals surface area contributed by atoms with Crippen LogP contribution in [0, 0.1) is 0 Å². The number of hydrogen-bond donors (Lipinski definition) is 2. The van der Waals surface area contributed by atoms with Gasteiger partial charge in [0.15, 0.2) is 15.8 Å². The van der Waals surface area contributed by atoms with Crippen LogP contribution in [0.4, 0.5) is 5.82 Å². The molecule has 2 aromatic rings. The van der Waals surface area contributed by atoms with Gasteiger partial charge in [0, 0.05) is 31.7 Å². The maximum absolute atomic E-state index is 12.9. The Kier molecular flexibility index (Phi) is 3.47. The van der Waals surface area contributed by atoms with E-state index in [2.05, 4.69) is 10.3 Å². The Balaban J connectivity index is 2.09. The number of sulfonamides is 1. The Morgan fingerprint density at radius 2 is 2.29 bits per heavy atom. The molecule has 9 heteroatoms. The van der Waals surface area contributed by atoms with Gasteiger partial charge >= 0.3 is 0 Å². The largest absolute Gasteiger partial charge is 0.389 e. The fraction of sp³-hybridized carbons (Fsp3) is 0.583. The number of β-amino-alcohol motifs (C(OH)–C–C–N with tert-alkyl or cyclic N) is 1. The highest BCUT2D eigenvalue weighted by Gasteiger charge is 2.38. The van der Waals surface area contributed by atoms with E-state index in [1.807, 2.05) is 0 Å². The molecule has 7 nitrogen and oxygen atoms in total. The number of aromatic nitrogens is 2. The third-order valence-corrected chi connectivity index (χ3v) is 6.31. The summed E-state index contributed by atoms with van der Waals surface area (Å²) >= 11 is 1.38. The number of thiazole rings is 1. The van der Waals surface area contributed by atoms with Crippen LogP contribution < -0.4 is 5.32 Å². The lowest BCUT2D eigenvalue weighted by molar-refractivity contribution is 0.00934. The van der Waals surface area contributed by atoms with Crippen LogP contribution >= 0.6 is 11.3 Å². The summed E-state index contributed by atoms with van der Waals surface area (Å²) in [6.45, 7) is 2.19. The molecule has 0 amide bonds. The zero-order valence-corrected chi connectivity index (χ0v) is 13.5. The molecule has 1 fully saturated rings. The average Bonchev–Trinajstić information content (AvgIpc) is 2.96. The maximum atomic E-state index is 12.9. The molecule has 0 aliphatic carbocycles. The lowest BCUT2D eigenvalue weighted by Crippen LogP contribution is -2.48. The van der Waals surface area contributed by atoms with Crippen molar-refractivity contribution < 1.29 is 13.5 Å². The molecule has 21 heavy (non-hydrogen) atoms. The van der Waals surface area contributed by atoms with E-state index in [0.717, 1.165) is 0 Å². The first kappa shape index (κ1) is 14.8. The molecular weight excluding hydrogens is 312 g/mol. The van der Waals surface area contributed by atoms with E-state index in [9.17, 15) is 13.5 Å². The molecule has 1 saturated heterocycles. The highest BCUT2D eigenvalue weighted by molar-refractivity contribution is 7.89. The van der Waals surface area contributed by atoms with Crippen molar-refractivity contribution in [1.29, 1.82) is 0 Å². The number of aliphatic hydroxyl groups is 1. The van der Waals surface area contributed by atoms with Crippen molar-refractivity contribution in [3.8, 4) is 0 Å². The summed E-state index contributed by atoms with van der Waals surface area (Å²) in [6.07, 6.45) is 2.95. The number of piperidine rings is 1. The zero-order chi connectivity index (χ0) is 15.3. The molecular formula is C12H18N4O3S2. The van der Waals surface area contributed by atoms with E-state index in [1.54, 1.807) is 29.9 Å². The molecule has 1 aliphatic rings. The number of fused-ring (bicyclic) bond motifs is 1. The van der Waals surface area contributed by atoms with Crippen molar-refractivity contribution in [3.05, 3.63) is 11.6 Å². The minimum absolute atomic E-state index is 0.107. The minimum atomic E-state index is -3.71. The Labute approximate surface area is 127 Å². The SMILES string of the molecule is CNc1nc2sccn2c1S(=O)(=O)N1CCCC(C)(O)C1. The van der Waals surface area contributed by atoms with Gasteiger partial charge in [0.1, 0.15) is 0 Å². The predicted octanol–water partition coefficient (Wildman–Crippen LogP) is 0.973. The molecule has 0 aromatic carbocycles. The summed E-state index contributed by atoms with van der Waals surface area (Å²) in [5, 5.41) is 14.9. The highest BCUT2D eigenvalue weighted by atomic mass is 32.2.